The summed E-state index contributed by atoms with van der Waals surface area (Å²) in [5.41, 5.74) is 4.96. The normalized spacial score (nSPS) is 10.8. The molecule has 1 heterocycles. The third-order valence-electron chi connectivity index (χ3n) is 3.41. The number of hydrogen-bond acceptors (Lipinski definition) is 1. The zero-order valence-electron chi connectivity index (χ0n) is 11.1. The molecule has 0 fully saturated rings. The van der Waals surface area contributed by atoms with Crippen LogP contribution in [0, 0.1) is 6.92 Å². The van der Waals surface area contributed by atoms with Crippen molar-refractivity contribution in [1.82, 2.24) is 4.98 Å². The largest absolute Gasteiger partial charge is 0.253 e. The molecule has 1 heteroatoms. The number of pyridine rings is 1. The summed E-state index contributed by atoms with van der Waals surface area (Å²) in [5, 5.41) is 1.21. The van der Waals surface area contributed by atoms with E-state index in [2.05, 4.69) is 61.5 Å². The predicted octanol–water partition coefficient (Wildman–Crippen LogP) is 4.33. The maximum absolute atomic E-state index is 4.71. The van der Waals surface area contributed by atoms with Gasteiger partial charge >= 0.3 is 0 Å². The second-order valence-electron chi connectivity index (χ2n) is 4.98. The van der Waals surface area contributed by atoms with E-state index in [1.165, 1.54) is 22.2 Å². The smallest absolute Gasteiger partial charge is 0.0705 e. The molecule has 1 aromatic heterocycles. The predicted molar refractivity (Wildman–Crippen MR) is 80.3 cm³/mol. The van der Waals surface area contributed by atoms with Gasteiger partial charge in [-0.05, 0) is 37.5 Å². The topological polar surface area (TPSA) is 12.9 Å². The van der Waals surface area contributed by atoms with Gasteiger partial charge in [0, 0.05) is 11.1 Å². The van der Waals surface area contributed by atoms with Crippen LogP contribution in [0.5, 0.6) is 0 Å². The summed E-state index contributed by atoms with van der Waals surface area (Å²) in [5.74, 6) is 0. The quantitative estimate of drug-likeness (QED) is 0.671. The van der Waals surface area contributed by atoms with E-state index in [0.29, 0.717) is 0 Å². The van der Waals surface area contributed by atoms with Crippen molar-refractivity contribution in [2.24, 2.45) is 0 Å². The van der Waals surface area contributed by atoms with Crippen molar-refractivity contribution in [3.05, 3.63) is 77.5 Å². The van der Waals surface area contributed by atoms with Crippen LogP contribution in [-0.4, -0.2) is 4.98 Å². The molecule has 19 heavy (non-hydrogen) atoms. The number of aryl methyl sites for hydroxylation is 3. The first-order valence-electron chi connectivity index (χ1n) is 6.71. The summed E-state index contributed by atoms with van der Waals surface area (Å²) >= 11 is 0. The average molecular weight is 247 g/mol. The van der Waals surface area contributed by atoms with Crippen LogP contribution in [0.3, 0.4) is 0 Å². The molecule has 3 aromatic rings. The van der Waals surface area contributed by atoms with Crippen LogP contribution in [0.4, 0.5) is 0 Å². The van der Waals surface area contributed by atoms with E-state index in [1.807, 2.05) is 6.07 Å². The standard InChI is InChI=1S/C18H17N/c1-14-5-4-6-15(13-14)9-11-17-12-10-16-7-2-3-8-18(16)19-17/h2-8,10,12-13H,9,11H2,1H3. The lowest BCUT2D eigenvalue weighted by Crippen LogP contribution is -1.95. The van der Waals surface area contributed by atoms with E-state index < -0.39 is 0 Å². The number of rotatable bonds is 3. The van der Waals surface area contributed by atoms with E-state index in [-0.39, 0.29) is 0 Å². The molecule has 0 radical (unpaired) electrons. The van der Waals surface area contributed by atoms with E-state index in [0.717, 1.165) is 18.4 Å². The van der Waals surface area contributed by atoms with Gasteiger partial charge in [0.2, 0.25) is 0 Å². The van der Waals surface area contributed by atoms with Gasteiger partial charge in [-0.25, -0.2) is 0 Å². The molecule has 0 bridgehead atoms. The van der Waals surface area contributed by atoms with Crippen molar-refractivity contribution in [2.45, 2.75) is 19.8 Å². The highest BCUT2D eigenvalue weighted by atomic mass is 14.7. The van der Waals surface area contributed by atoms with Crippen LogP contribution in [0.25, 0.3) is 10.9 Å². The molecule has 0 saturated heterocycles. The molecule has 0 spiro atoms. The average Bonchev–Trinajstić information content (AvgIpc) is 2.45. The molecule has 1 nitrogen and oxygen atoms in total. The lowest BCUT2D eigenvalue weighted by Gasteiger charge is -2.04. The minimum absolute atomic E-state index is 0.994. The third kappa shape index (κ3) is 2.82. The summed E-state index contributed by atoms with van der Waals surface area (Å²) in [4.78, 5) is 4.71. The number of aromatic nitrogens is 1. The SMILES string of the molecule is Cc1cccc(CCc2ccc3ccccc3n2)c1. The molecule has 0 saturated carbocycles. The molecule has 2 aromatic carbocycles. The van der Waals surface area contributed by atoms with E-state index >= 15 is 0 Å². The Morgan fingerprint density at radius 3 is 2.63 bits per heavy atom. The van der Waals surface area contributed by atoms with Crippen LogP contribution in [-0.2, 0) is 12.8 Å². The number of benzene rings is 2. The molecule has 0 atom stereocenters. The summed E-state index contributed by atoms with van der Waals surface area (Å²) in [7, 11) is 0. The van der Waals surface area contributed by atoms with Crippen molar-refractivity contribution >= 4 is 10.9 Å². The van der Waals surface area contributed by atoms with Gasteiger partial charge in [-0.2, -0.15) is 0 Å². The van der Waals surface area contributed by atoms with E-state index in [9.17, 15) is 0 Å². The Labute approximate surface area is 113 Å². The fourth-order valence-corrected chi connectivity index (χ4v) is 2.39. The Hall–Kier alpha value is -2.15. The lowest BCUT2D eigenvalue weighted by molar-refractivity contribution is 0.921. The molecular formula is C18H17N. The van der Waals surface area contributed by atoms with Crippen LogP contribution in [0.15, 0.2) is 60.7 Å². The summed E-state index contributed by atoms with van der Waals surface area (Å²) in [6.07, 6.45) is 2.04. The summed E-state index contributed by atoms with van der Waals surface area (Å²) in [6, 6.07) is 21.3. The van der Waals surface area contributed by atoms with Crippen molar-refractivity contribution in [3.8, 4) is 0 Å². The second-order valence-corrected chi connectivity index (χ2v) is 4.98. The van der Waals surface area contributed by atoms with Crippen LogP contribution in [0.2, 0.25) is 0 Å². The Morgan fingerprint density at radius 1 is 0.842 bits per heavy atom. The fraction of sp³-hybridized carbons (Fsp3) is 0.167. The first kappa shape index (κ1) is 11.9. The molecule has 0 amide bonds. The second kappa shape index (κ2) is 5.23. The van der Waals surface area contributed by atoms with Gasteiger partial charge in [0.1, 0.15) is 0 Å². The number of fused-ring (bicyclic) bond motifs is 1. The Balaban J connectivity index is 1.78. The van der Waals surface area contributed by atoms with Crippen molar-refractivity contribution < 1.29 is 0 Å². The zero-order chi connectivity index (χ0) is 13.1. The van der Waals surface area contributed by atoms with Crippen LogP contribution < -0.4 is 0 Å². The number of nitrogens with zero attached hydrogens (tertiary/aromatic N) is 1. The lowest BCUT2D eigenvalue weighted by atomic mass is 10.1. The third-order valence-corrected chi connectivity index (χ3v) is 3.41. The number of para-hydroxylation sites is 1. The molecule has 0 aliphatic heterocycles. The first-order valence-corrected chi connectivity index (χ1v) is 6.71. The summed E-state index contributed by atoms with van der Waals surface area (Å²) in [6.45, 7) is 2.14. The molecular weight excluding hydrogens is 230 g/mol. The van der Waals surface area contributed by atoms with Crippen molar-refractivity contribution in [3.63, 3.8) is 0 Å². The molecule has 3 rings (SSSR count). The van der Waals surface area contributed by atoms with Crippen molar-refractivity contribution in [1.29, 1.82) is 0 Å². The maximum atomic E-state index is 4.71. The van der Waals surface area contributed by atoms with Crippen molar-refractivity contribution in [2.75, 3.05) is 0 Å². The summed E-state index contributed by atoms with van der Waals surface area (Å²) < 4.78 is 0. The minimum atomic E-state index is 0.994. The Morgan fingerprint density at radius 2 is 1.74 bits per heavy atom. The molecule has 0 aliphatic rings. The van der Waals surface area contributed by atoms with E-state index in [4.69, 9.17) is 4.98 Å². The van der Waals surface area contributed by atoms with Gasteiger partial charge in [-0.15, -0.1) is 0 Å². The molecule has 0 N–H and O–H groups in total. The highest BCUT2D eigenvalue weighted by Gasteiger charge is 1.99. The fourth-order valence-electron chi connectivity index (χ4n) is 2.39. The van der Waals surface area contributed by atoms with E-state index in [1.54, 1.807) is 0 Å². The Kier molecular flexibility index (Phi) is 3.28. The highest BCUT2D eigenvalue weighted by Crippen LogP contribution is 2.13. The highest BCUT2D eigenvalue weighted by molar-refractivity contribution is 5.78. The molecule has 0 unspecified atom stereocenters. The van der Waals surface area contributed by atoms with Crippen LogP contribution in [0.1, 0.15) is 16.8 Å². The Bertz CT molecular complexity index is 701. The number of hydrogen-bond donors (Lipinski definition) is 0. The minimum Gasteiger partial charge on any atom is -0.253 e. The van der Waals surface area contributed by atoms with Gasteiger partial charge in [-0.1, -0.05) is 54.1 Å². The maximum Gasteiger partial charge on any atom is 0.0705 e. The van der Waals surface area contributed by atoms with Gasteiger partial charge in [0.05, 0.1) is 5.52 Å². The van der Waals surface area contributed by atoms with Gasteiger partial charge in [0.25, 0.3) is 0 Å². The monoisotopic (exact) mass is 247 g/mol. The van der Waals surface area contributed by atoms with Gasteiger partial charge in [0.15, 0.2) is 0 Å². The zero-order valence-corrected chi connectivity index (χ0v) is 11.1. The molecule has 0 aliphatic carbocycles. The molecule has 94 valence electrons. The van der Waals surface area contributed by atoms with Gasteiger partial charge in [-0.3, -0.25) is 4.98 Å². The van der Waals surface area contributed by atoms with Crippen LogP contribution >= 0.6 is 0 Å². The first-order chi connectivity index (χ1) is 9.31. The van der Waals surface area contributed by atoms with Gasteiger partial charge < -0.3 is 0 Å².